The average Bonchev–Trinajstić information content (AvgIpc) is 0.824. The predicted molar refractivity (Wildman–Crippen MR) is 532 cm³/mol. The van der Waals surface area contributed by atoms with Crippen molar-refractivity contribution in [2.45, 2.75) is 127 Å². The summed E-state index contributed by atoms with van der Waals surface area (Å²) in [5, 5.41) is 61.3. The molecular formula is C103H100BrClF13IN6O24. The van der Waals surface area contributed by atoms with Crippen LogP contribution in [0, 0.1) is 57.9 Å². The van der Waals surface area contributed by atoms with Crippen molar-refractivity contribution in [2.24, 2.45) is 0 Å². The Labute approximate surface area is 872 Å². The number of aryl methyl sites for hydroxylation is 7. The molecule has 46 heteroatoms. The van der Waals surface area contributed by atoms with Gasteiger partial charge in [-0.3, -0.25) is 31.2 Å². The van der Waals surface area contributed by atoms with Gasteiger partial charge in [0.05, 0.1) is 116 Å². The molecule has 0 spiro atoms. The van der Waals surface area contributed by atoms with Gasteiger partial charge in [-0.1, -0.05) is 152 Å². The number of ether oxygens (including phenoxy) is 12. The summed E-state index contributed by atoms with van der Waals surface area (Å²) in [6, 6.07) is 55.7. The maximum Gasteiger partial charge on any atom is 0.438 e. The van der Waals surface area contributed by atoms with Crippen molar-refractivity contribution in [1.82, 2.24) is 0 Å². The fraction of sp³-hybridized carbons (Fsp3) is 0.243. The van der Waals surface area contributed by atoms with Crippen LogP contribution in [0.5, 0.6) is 34.5 Å². The van der Waals surface area contributed by atoms with E-state index in [1.807, 2.05) is 22.6 Å². The fourth-order valence-corrected chi connectivity index (χ4v) is 14.6. The number of benzene rings is 12. The van der Waals surface area contributed by atoms with Gasteiger partial charge in [-0.05, 0) is 210 Å². The van der Waals surface area contributed by atoms with Gasteiger partial charge in [0.25, 0.3) is 38.6 Å². The standard InChI is InChI=1S/C18H19F2NO4.C17H16BrF2NO4.C17H16ClF2NO4.C17H16F3NO4.C17H16F2INO4.C17H17F2NO4/c1-11-7-8-16(13(9-11)17(19)20)25-10-14-12(2)5-4-6-15(14)21(23)18(22)24-3;3*1-10-6-7-15(11(8-10)16(19)20)25-9-12-13(18)4-3-5-14(12)21(23)17(22)24-2;1-10-6-7-15(11(8-10)16(18)19)25-9-12-13(20)4-3-5-14(12)21(23)17(22)24-2;1-11-7-8-15(13(9-11)16(18)19)24-10-12-5-3-4-6-14(12)20(22)17(21)23-2/h4-9,17,23H,10H2,1-3H3;4*3-8,16,23H,9H2,1-2H3;3-9,16,22H,10H2,1-2H3. The molecule has 0 aromatic heterocycles. The number of rotatable bonds is 30. The highest BCUT2D eigenvalue weighted by atomic mass is 127. The first-order valence-corrected chi connectivity index (χ1v) is 45.7. The van der Waals surface area contributed by atoms with E-state index in [1.165, 1.54) is 127 Å². The number of carbonyl (C=O) groups excluding carboxylic acids is 6. The molecule has 0 saturated carbocycles. The summed E-state index contributed by atoms with van der Waals surface area (Å²) in [7, 11) is 6.68. The van der Waals surface area contributed by atoms with Crippen molar-refractivity contribution in [3.05, 3.63) is 349 Å². The molecule has 12 aromatic carbocycles. The van der Waals surface area contributed by atoms with E-state index in [4.69, 9.17) is 40.0 Å². The average molecular weight is 2300 g/mol. The van der Waals surface area contributed by atoms with E-state index in [9.17, 15) is 117 Å². The summed E-state index contributed by atoms with van der Waals surface area (Å²) in [5.41, 5.74) is 5.66. The van der Waals surface area contributed by atoms with E-state index in [2.05, 4.69) is 44.4 Å². The smallest absolute Gasteiger partial charge is 0.438 e. The zero-order chi connectivity index (χ0) is 110. The normalized spacial score (nSPS) is 10.7. The Morgan fingerprint density at radius 1 is 0.289 bits per heavy atom. The van der Waals surface area contributed by atoms with E-state index < -0.39 is 87.5 Å². The summed E-state index contributed by atoms with van der Waals surface area (Å²) >= 11 is 11.4. The molecule has 30 nitrogen and oxygen atoms in total. The third-order valence-electron chi connectivity index (χ3n) is 20.9. The van der Waals surface area contributed by atoms with Crippen LogP contribution >= 0.6 is 50.1 Å². The van der Waals surface area contributed by atoms with Crippen LogP contribution in [0.1, 0.15) is 144 Å². The molecule has 0 radical (unpaired) electrons. The highest BCUT2D eigenvalue weighted by Crippen LogP contribution is 2.42. The molecule has 798 valence electrons. The van der Waals surface area contributed by atoms with Crippen LogP contribution in [-0.4, -0.2) is 110 Å². The molecule has 0 saturated heterocycles. The summed E-state index contributed by atoms with van der Waals surface area (Å²) in [6.07, 6.45) is -22.2. The monoisotopic (exact) mass is 2290 g/mol. The van der Waals surface area contributed by atoms with Gasteiger partial charge in [0.1, 0.15) is 80.0 Å². The maximum atomic E-state index is 14.1. The lowest BCUT2D eigenvalue weighted by Gasteiger charge is -2.20. The highest BCUT2D eigenvalue weighted by Gasteiger charge is 2.30. The number of methoxy groups -OCH3 is 6. The third kappa shape index (κ3) is 34.5. The van der Waals surface area contributed by atoms with Gasteiger partial charge in [-0.15, -0.1) is 0 Å². The molecule has 0 aliphatic heterocycles. The lowest BCUT2D eigenvalue weighted by atomic mass is 10.1. The second kappa shape index (κ2) is 58.8. The topological polar surface area (TPSA) is 354 Å². The van der Waals surface area contributed by atoms with Crippen LogP contribution in [0.25, 0.3) is 0 Å². The Kier molecular flexibility index (Phi) is 47.9. The van der Waals surface area contributed by atoms with E-state index in [-0.39, 0.29) is 161 Å². The van der Waals surface area contributed by atoms with Crippen LogP contribution in [0.3, 0.4) is 0 Å². The Morgan fingerprint density at radius 3 is 0.852 bits per heavy atom. The molecule has 0 bridgehead atoms. The van der Waals surface area contributed by atoms with Crippen molar-refractivity contribution in [1.29, 1.82) is 0 Å². The Morgan fingerprint density at radius 2 is 0.523 bits per heavy atom. The van der Waals surface area contributed by atoms with Crippen LogP contribution in [0.15, 0.2) is 229 Å². The second-order valence-electron chi connectivity index (χ2n) is 31.1. The highest BCUT2D eigenvalue weighted by molar-refractivity contribution is 14.1. The Balaban J connectivity index is 0.000000242. The number of para-hydroxylation sites is 1. The number of amides is 6. The van der Waals surface area contributed by atoms with E-state index >= 15 is 0 Å². The SMILES string of the molecule is COC(=O)N(O)c1cccc(Br)c1COc1ccc(C)cc1C(F)F.COC(=O)N(O)c1cccc(C)c1COc1ccc(C)cc1C(F)F.COC(=O)N(O)c1cccc(Cl)c1COc1ccc(C)cc1C(F)F.COC(=O)N(O)c1cccc(F)c1COc1ccc(C)cc1C(F)F.COC(=O)N(O)c1cccc(I)c1COc1ccc(C)cc1C(F)F.COC(=O)N(O)c1ccccc1COc1ccc(C)cc1C(F)F. The molecule has 0 aliphatic carbocycles. The van der Waals surface area contributed by atoms with Gasteiger partial charge in [0.15, 0.2) is 0 Å². The molecule has 0 heterocycles. The van der Waals surface area contributed by atoms with Crippen molar-refractivity contribution in [2.75, 3.05) is 73.0 Å². The van der Waals surface area contributed by atoms with E-state index in [0.717, 1.165) is 54.3 Å². The quantitative estimate of drug-likeness (QED) is 0.00800. The van der Waals surface area contributed by atoms with Crippen LogP contribution in [0.2, 0.25) is 5.02 Å². The largest absolute Gasteiger partial charge is 0.488 e. The number of hydrogen-bond acceptors (Lipinski definition) is 24. The van der Waals surface area contributed by atoms with Gasteiger partial charge in [-0.2, -0.15) is 30.4 Å². The first kappa shape index (κ1) is 121. The molecule has 12 aromatic rings. The van der Waals surface area contributed by atoms with Crippen molar-refractivity contribution < 1.29 is 174 Å². The van der Waals surface area contributed by atoms with Crippen LogP contribution < -0.4 is 58.8 Å². The number of carbonyl (C=O) groups is 6. The first-order valence-electron chi connectivity index (χ1n) is 43.4. The molecule has 0 fully saturated rings. The molecule has 6 N–H and O–H groups in total. The molecule has 12 rings (SSSR count). The van der Waals surface area contributed by atoms with E-state index in [0.29, 0.717) is 83.9 Å². The lowest BCUT2D eigenvalue weighted by Crippen LogP contribution is -2.28. The number of hydroxylamine groups is 6. The molecular weight excluding hydrogens is 2190 g/mol. The lowest BCUT2D eigenvalue weighted by molar-refractivity contribution is 0.139. The minimum atomic E-state index is -2.76. The van der Waals surface area contributed by atoms with Gasteiger partial charge in [0, 0.05) is 40.9 Å². The Hall–Kier alpha value is -14.6. The number of halogens is 16. The van der Waals surface area contributed by atoms with Gasteiger partial charge >= 0.3 is 36.6 Å². The Bertz CT molecular complexity index is 5810. The number of hydrogen-bond donors (Lipinski definition) is 6. The molecule has 0 atom stereocenters. The van der Waals surface area contributed by atoms with Gasteiger partial charge in [0.2, 0.25) is 0 Å². The van der Waals surface area contributed by atoms with Gasteiger partial charge < -0.3 is 56.8 Å². The number of alkyl halides is 12. The zero-order valence-corrected chi connectivity index (χ0v) is 85.8. The van der Waals surface area contributed by atoms with Crippen molar-refractivity contribution in [3.63, 3.8) is 0 Å². The minimum absolute atomic E-state index is 0.00553. The van der Waals surface area contributed by atoms with E-state index in [1.54, 1.807) is 139 Å². The minimum Gasteiger partial charge on any atom is -0.488 e. The molecule has 6 amide bonds. The second-order valence-corrected chi connectivity index (χ2v) is 33.6. The van der Waals surface area contributed by atoms with Crippen LogP contribution in [0.4, 0.5) is 120 Å². The summed E-state index contributed by atoms with van der Waals surface area (Å²) in [5.74, 6) is -0.707. The summed E-state index contributed by atoms with van der Waals surface area (Å²) in [4.78, 5) is 69.0. The van der Waals surface area contributed by atoms with Crippen LogP contribution in [-0.2, 0) is 68.1 Å². The molecule has 149 heavy (non-hydrogen) atoms. The maximum absolute atomic E-state index is 14.1. The van der Waals surface area contributed by atoms with Gasteiger partial charge in [-0.25, -0.2) is 85.8 Å². The number of nitrogens with zero attached hydrogens (tertiary/aromatic N) is 6. The van der Waals surface area contributed by atoms with Crippen molar-refractivity contribution >= 4 is 121 Å². The number of anilines is 6. The molecule has 0 unspecified atom stereocenters. The summed E-state index contributed by atoms with van der Waals surface area (Å²) in [6.45, 7) is 10.8. The zero-order valence-electron chi connectivity index (χ0n) is 81.3. The third-order valence-corrected chi connectivity index (χ3v) is 23.0. The first-order chi connectivity index (χ1) is 70.7. The predicted octanol–water partition coefficient (Wildman–Crippen LogP) is 29.3. The molecule has 0 aliphatic rings. The van der Waals surface area contributed by atoms with Crippen molar-refractivity contribution in [3.8, 4) is 34.5 Å². The fourth-order valence-electron chi connectivity index (χ4n) is 13.3. The summed E-state index contributed by atoms with van der Waals surface area (Å²) < 4.78 is 233.